The van der Waals surface area contributed by atoms with Gasteiger partial charge in [-0.15, -0.1) is 0 Å². The Morgan fingerprint density at radius 3 is 2.45 bits per heavy atom. The molecule has 0 radical (unpaired) electrons. The largest absolute Gasteiger partial charge is 0.484 e. The summed E-state index contributed by atoms with van der Waals surface area (Å²) in [5.74, 6) is 0.0581. The van der Waals surface area contributed by atoms with Crippen LogP contribution >= 0.6 is 0 Å². The number of carbonyl (C=O) groups is 1. The lowest BCUT2D eigenvalue weighted by atomic mass is 10.2. The first-order valence-electron chi connectivity index (χ1n) is 6.16. The number of benzene rings is 1. The van der Waals surface area contributed by atoms with Gasteiger partial charge >= 0.3 is 6.18 Å². The first-order chi connectivity index (χ1) is 9.40. The van der Waals surface area contributed by atoms with Crippen LogP contribution in [0.4, 0.5) is 13.2 Å². The quantitative estimate of drug-likeness (QED) is 0.755. The highest BCUT2D eigenvalue weighted by molar-refractivity contribution is 5.77. The van der Waals surface area contributed by atoms with Gasteiger partial charge in [-0.2, -0.15) is 13.2 Å². The molecule has 0 atom stereocenters. The number of ether oxygens (including phenoxy) is 1. The van der Waals surface area contributed by atoms with Crippen LogP contribution in [0, 0.1) is 0 Å². The molecule has 1 aromatic carbocycles. The van der Waals surface area contributed by atoms with Gasteiger partial charge in [-0.3, -0.25) is 4.79 Å². The minimum Gasteiger partial charge on any atom is -0.484 e. The number of amides is 1. The Kier molecular flexibility index (Phi) is 6.30. The smallest absolute Gasteiger partial charge is 0.389 e. The first-order valence-corrected chi connectivity index (χ1v) is 6.16. The van der Waals surface area contributed by atoms with Gasteiger partial charge in [-0.05, 0) is 24.1 Å². The van der Waals surface area contributed by atoms with E-state index in [1.165, 1.54) is 0 Å². The molecule has 0 aliphatic carbocycles. The summed E-state index contributed by atoms with van der Waals surface area (Å²) in [6, 6.07) is 6.91. The van der Waals surface area contributed by atoms with Crippen LogP contribution in [-0.2, 0) is 11.3 Å². The summed E-state index contributed by atoms with van der Waals surface area (Å²) in [7, 11) is 0. The Bertz CT molecular complexity index is 419. The third-order valence-electron chi connectivity index (χ3n) is 2.49. The molecule has 1 amide bonds. The van der Waals surface area contributed by atoms with Crippen molar-refractivity contribution in [2.75, 3.05) is 13.2 Å². The lowest BCUT2D eigenvalue weighted by molar-refractivity contribution is -0.136. The maximum Gasteiger partial charge on any atom is 0.389 e. The second-order valence-corrected chi connectivity index (χ2v) is 4.21. The molecule has 0 unspecified atom stereocenters. The Hall–Kier alpha value is -1.76. The van der Waals surface area contributed by atoms with Gasteiger partial charge in [0.15, 0.2) is 6.61 Å². The molecule has 0 aliphatic rings. The summed E-state index contributed by atoms with van der Waals surface area (Å²) in [5.41, 5.74) is 6.37. The van der Waals surface area contributed by atoms with Crippen molar-refractivity contribution in [1.82, 2.24) is 5.32 Å². The van der Waals surface area contributed by atoms with E-state index < -0.39 is 18.5 Å². The van der Waals surface area contributed by atoms with Crippen molar-refractivity contribution < 1.29 is 22.7 Å². The van der Waals surface area contributed by atoms with Crippen molar-refractivity contribution in [2.24, 2.45) is 5.73 Å². The molecular weight excluding hydrogens is 273 g/mol. The van der Waals surface area contributed by atoms with Gasteiger partial charge in [0.25, 0.3) is 5.91 Å². The Morgan fingerprint density at radius 2 is 1.90 bits per heavy atom. The Balaban J connectivity index is 2.19. The van der Waals surface area contributed by atoms with E-state index in [-0.39, 0.29) is 19.6 Å². The van der Waals surface area contributed by atoms with Gasteiger partial charge in [0.05, 0.1) is 0 Å². The van der Waals surface area contributed by atoms with Crippen LogP contribution in [0.5, 0.6) is 5.75 Å². The number of halogens is 3. The van der Waals surface area contributed by atoms with Gasteiger partial charge in [-0.25, -0.2) is 0 Å². The van der Waals surface area contributed by atoms with Crippen LogP contribution in [0.2, 0.25) is 0 Å². The summed E-state index contributed by atoms with van der Waals surface area (Å²) in [6.45, 7) is 0.168. The molecule has 0 aliphatic heterocycles. The maximum absolute atomic E-state index is 11.9. The van der Waals surface area contributed by atoms with Crippen molar-refractivity contribution >= 4 is 5.91 Å². The molecule has 0 bridgehead atoms. The molecule has 0 spiro atoms. The van der Waals surface area contributed by atoms with E-state index in [2.05, 4.69) is 5.32 Å². The number of nitrogens with one attached hydrogen (secondary N) is 1. The lowest BCUT2D eigenvalue weighted by Gasteiger charge is -2.09. The first kappa shape index (κ1) is 16.3. The zero-order valence-electron chi connectivity index (χ0n) is 10.9. The van der Waals surface area contributed by atoms with E-state index in [1.54, 1.807) is 24.3 Å². The predicted octanol–water partition coefficient (Wildman–Crippen LogP) is 1.98. The summed E-state index contributed by atoms with van der Waals surface area (Å²) in [4.78, 5) is 11.3. The van der Waals surface area contributed by atoms with E-state index in [0.29, 0.717) is 12.3 Å². The van der Waals surface area contributed by atoms with Crippen LogP contribution in [0.15, 0.2) is 24.3 Å². The third kappa shape index (κ3) is 6.98. The van der Waals surface area contributed by atoms with E-state index in [9.17, 15) is 18.0 Å². The van der Waals surface area contributed by atoms with Crippen LogP contribution in [0.1, 0.15) is 18.4 Å². The normalized spacial score (nSPS) is 11.2. The number of hydrogen-bond donors (Lipinski definition) is 2. The van der Waals surface area contributed by atoms with Crippen molar-refractivity contribution in [2.45, 2.75) is 25.6 Å². The second kappa shape index (κ2) is 7.74. The molecular formula is C13H17F3N2O2. The minimum atomic E-state index is -4.19. The Labute approximate surface area is 115 Å². The number of carbonyl (C=O) groups excluding carboxylic acids is 1. The van der Waals surface area contributed by atoms with Crippen LogP contribution in [0.3, 0.4) is 0 Å². The fourth-order valence-corrected chi connectivity index (χ4v) is 1.44. The standard InChI is InChI=1S/C13H17F3N2O2/c14-13(15,16)6-1-7-18-12(19)9-20-11-4-2-10(8-17)3-5-11/h2-5H,1,6-9,17H2,(H,18,19). The van der Waals surface area contributed by atoms with Crippen LogP contribution < -0.4 is 15.8 Å². The molecule has 112 valence electrons. The molecule has 0 aromatic heterocycles. The highest BCUT2D eigenvalue weighted by Gasteiger charge is 2.25. The topological polar surface area (TPSA) is 64.3 Å². The average molecular weight is 290 g/mol. The van der Waals surface area contributed by atoms with Crippen LogP contribution in [-0.4, -0.2) is 25.2 Å². The molecule has 1 rings (SSSR count). The zero-order chi connectivity index (χ0) is 15.0. The number of alkyl halides is 3. The molecule has 0 saturated heterocycles. The number of nitrogens with two attached hydrogens (primary N) is 1. The van der Waals surface area contributed by atoms with E-state index in [0.717, 1.165) is 5.56 Å². The van der Waals surface area contributed by atoms with Gasteiger partial charge < -0.3 is 15.8 Å². The fourth-order valence-electron chi connectivity index (χ4n) is 1.44. The molecule has 20 heavy (non-hydrogen) atoms. The van der Waals surface area contributed by atoms with Gasteiger partial charge in [0, 0.05) is 19.5 Å². The summed E-state index contributed by atoms with van der Waals surface area (Å²) in [6.07, 6.45) is -5.24. The lowest BCUT2D eigenvalue weighted by Crippen LogP contribution is -2.30. The molecule has 0 fully saturated rings. The van der Waals surface area contributed by atoms with Gasteiger partial charge in [0.2, 0.25) is 0 Å². The van der Waals surface area contributed by atoms with Crippen molar-refractivity contribution in [1.29, 1.82) is 0 Å². The molecule has 1 aromatic rings. The summed E-state index contributed by atoms with van der Waals surface area (Å²) in [5, 5.41) is 2.36. The summed E-state index contributed by atoms with van der Waals surface area (Å²) < 4.78 is 40.8. The second-order valence-electron chi connectivity index (χ2n) is 4.21. The molecule has 0 heterocycles. The monoisotopic (exact) mass is 290 g/mol. The van der Waals surface area contributed by atoms with Gasteiger partial charge in [0.1, 0.15) is 5.75 Å². The van der Waals surface area contributed by atoms with E-state index >= 15 is 0 Å². The van der Waals surface area contributed by atoms with Crippen molar-refractivity contribution in [3.63, 3.8) is 0 Å². The minimum absolute atomic E-state index is 0.0200. The Morgan fingerprint density at radius 1 is 1.25 bits per heavy atom. The van der Waals surface area contributed by atoms with E-state index in [4.69, 9.17) is 10.5 Å². The van der Waals surface area contributed by atoms with Crippen LogP contribution in [0.25, 0.3) is 0 Å². The molecule has 0 saturated carbocycles. The average Bonchev–Trinajstić information content (AvgIpc) is 2.41. The predicted molar refractivity (Wildman–Crippen MR) is 68.1 cm³/mol. The number of hydrogen-bond acceptors (Lipinski definition) is 3. The van der Waals surface area contributed by atoms with Gasteiger partial charge in [-0.1, -0.05) is 12.1 Å². The molecule has 7 heteroatoms. The van der Waals surface area contributed by atoms with E-state index in [1.807, 2.05) is 0 Å². The maximum atomic E-state index is 11.9. The van der Waals surface area contributed by atoms with Crippen molar-refractivity contribution in [3.8, 4) is 5.75 Å². The molecule has 4 nitrogen and oxygen atoms in total. The number of rotatable bonds is 7. The SMILES string of the molecule is NCc1ccc(OCC(=O)NCCCC(F)(F)F)cc1. The fraction of sp³-hybridized carbons (Fsp3) is 0.462. The summed E-state index contributed by atoms with van der Waals surface area (Å²) >= 11 is 0. The third-order valence-corrected chi connectivity index (χ3v) is 2.49. The highest BCUT2D eigenvalue weighted by Crippen LogP contribution is 2.20. The highest BCUT2D eigenvalue weighted by atomic mass is 19.4. The molecule has 3 N–H and O–H groups in total. The van der Waals surface area contributed by atoms with Crippen molar-refractivity contribution in [3.05, 3.63) is 29.8 Å². The zero-order valence-corrected chi connectivity index (χ0v) is 10.9.